The lowest BCUT2D eigenvalue weighted by Crippen LogP contribution is -2.05. The Labute approximate surface area is 102 Å². The molecule has 2 heteroatoms. The Morgan fingerprint density at radius 1 is 1.18 bits per heavy atom. The first-order valence-electron chi connectivity index (χ1n) is 6.41. The second-order valence-electron chi connectivity index (χ2n) is 4.62. The van der Waals surface area contributed by atoms with Crippen LogP contribution in [0.3, 0.4) is 0 Å². The Morgan fingerprint density at radius 3 is 2.53 bits per heavy atom. The Hall–Kier alpha value is -1.28. The minimum atomic E-state index is -0.479. The van der Waals surface area contributed by atoms with Gasteiger partial charge in [-0.3, -0.25) is 0 Å². The molecule has 0 amide bonds. The number of aliphatic hydroxyl groups excluding tert-OH is 1. The Morgan fingerprint density at radius 2 is 1.88 bits per heavy atom. The first-order chi connectivity index (χ1) is 8.24. The highest BCUT2D eigenvalue weighted by molar-refractivity contribution is 5.77. The van der Waals surface area contributed by atoms with Crippen molar-refractivity contribution in [1.29, 1.82) is 0 Å². The molecule has 1 aromatic heterocycles. The molecule has 0 fully saturated rings. The lowest BCUT2D eigenvalue weighted by Gasteiger charge is -2.15. The summed E-state index contributed by atoms with van der Waals surface area (Å²) in [6.07, 6.45) is 2.52. The van der Waals surface area contributed by atoms with E-state index in [1.807, 2.05) is 30.3 Å². The number of fused-ring (bicyclic) bond motifs is 1. The van der Waals surface area contributed by atoms with Crippen molar-refractivity contribution in [2.24, 2.45) is 5.92 Å². The third-order valence-electron chi connectivity index (χ3n) is 3.48. The van der Waals surface area contributed by atoms with Gasteiger partial charge in [-0.15, -0.1) is 0 Å². The van der Waals surface area contributed by atoms with Gasteiger partial charge in [-0.1, -0.05) is 44.9 Å². The topological polar surface area (TPSA) is 33.4 Å². The largest absolute Gasteiger partial charge is 0.458 e. The molecule has 1 aromatic carbocycles. The van der Waals surface area contributed by atoms with Crippen LogP contribution in [0.1, 0.15) is 45.0 Å². The molecule has 0 radical (unpaired) electrons. The van der Waals surface area contributed by atoms with Gasteiger partial charge in [-0.05, 0) is 24.5 Å². The quantitative estimate of drug-likeness (QED) is 0.834. The average molecular weight is 232 g/mol. The van der Waals surface area contributed by atoms with Crippen LogP contribution in [0.5, 0.6) is 0 Å². The van der Waals surface area contributed by atoms with E-state index in [0.29, 0.717) is 11.7 Å². The second kappa shape index (κ2) is 5.37. The lowest BCUT2D eigenvalue weighted by atomic mass is 9.95. The van der Waals surface area contributed by atoms with Crippen molar-refractivity contribution >= 4 is 11.0 Å². The minimum absolute atomic E-state index is 0.479. The van der Waals surface area contributed by atoms with Crippen molar-refractivity contribution in [3.8, 4) is 0 Å². The summed E-state index contributed by atoms with van der Waals surface area (Å²) in [6.45, 7) is 4.33. The molecular weight excluding hydrogens is 212 g/mol. The molecule has 0 aliphatic carbocycles. The van der Waals surface area contributed by atoms with Gasteiger partial charge in [-0.25, -0.2) is 0 Å². The summed E-state index contributed by atoms with van der Waals surface area (Å²) in [5.74, 6) is 1.26. The van der Waals surface area contributed by atoms with E-state index in [1.165, 1.54) is 0 Å². The van der Waals surface area contributed by atoms with E-state index < -0.39 is 6.10 Å². The molecule has 1 unspecified atom stereocenters. The second-order valence-corrected chi connectivity index (χ2v) is 4.62. The van der Waals surface area contributed by atoms with Crippen LogP contribution >= 0.6 is 0 Å². The fourth-order valence-electron chi connectivity index (χ4n) is 2.22. The zero-order chi connectivity index (χ0) is 12.3. The number of benzene rings is 1. The molecule has 0 aliphatic heterocycles. The summed E-state index contributed by atoms with van der Waals surface area (Å²) in [5.41, 5.74) is 0.853. The van der Waals surface area contributed by atoms with Gasteiger partial charge in [0.15, 0.2) is 0 Å². The van der Waals surface area contributed by atoms with Gasteiger partial charge in [0.05, 0.1) is 0 Å². The van der Waals surface area contributed by atoms with E-state index in [-0.39, 0.29) is 0 Å². The molecule has 92 valence electrons. The Balaban J connectivity index is 2.15. The van der Waals surface area contributed by atoms with Crippen LogP contribution in [0.15, 0.2) is 34.7 Å². The van der Waals surface area contributed by atoms with Crippen molar-refractivity contribution in [3.05, 3.63) is 36.1 Å². The highest BCUT2D eigenvalue weighted by Gasteiger charge is 2.17. The molecule has 1 heterocycles. The zero-order valence-corrected chi connectivity index (χ0v) is 10.5. The average Bonchev–Trinajstić information content (AvgIpc) is 2.79. The van der Waals surface area contributed by atoms with Crippen molar-refractivity contribution in [3.63, 3.8) is 0 Å². The molecule has 0 aliphatic rings. The van der Waals surface area contributed by atoms with E-state index >= 15 is 0 Å². The molecular formula is C15H20O2. The van der Waals surface area contributed by atoms with E-state index in [1.54, 1.807) is 0 Å². The van der Waals surface area contributed by atoms with Gasteiger partial charge in [0.25, 0.3) is 0 Å². The molecule has 2 nitrogen and oxygen atoms in total. The summed E-state index contributed by atoms with van der Waals surface area (Å²) in [5, 5.41) is 11.2. The van der Waals surface area contributed by atoms with Crippen LogP contribution in [0.25, 0.3) is 11.0 Å². The third kappa shape index (κ3) is 2.70. The van der Waals surface area contributed by atoms with Crippen molar-refractivity contribution in [2.75, 3.05) is 0 Å². The Bertz CT molecular complexity index is 435. The smallest absolute Gasteiger partial charge is 0.134 e. The van der Waals surface area contributed by atoms with Gasteiger partial charge in [0, 0.05) is 5.39 Å². The van der Waals surface area contributed by atoms with Crippen molar-refractivity contribution in [1.82, 2.24) is 0 Å². The summed E-state index contributed by atoms with van der Waals surface area (Å²) in [7, 11) is 0. The number of hydrogen-bond donors (Lipinski definition) is 1. The summed E-state index contributed by atoms with van der Waals surface area (Å²) >= 11 is 0. The van der Waals surface area contributed by atoms with E-state index in [9.17, 15) is 5.11 Å². The molecule has 1 atom stereocenters. The van der Waals surface area contributed by atoms with E-state index in [0.717, 1.165) is 30.2 Å². The Kier molecular flexibility index (Phi) is 3.85. The van der Waals surface area contributed by atoms with Crippen LogP contribution in [0.2, 0.25) is 0 Å². The minimum Gasteiger partial charge on any atom is -0.458 e. The molecule has 1 N–H and O–H groups in total. The van der Waals surface area contributed by atoms with E-state index in [2.05, 4.69) is 13.8 Å². The zero-order valence-electron chi connectivity index (χ0n) is 10.5. The predicted molar refractivity (Wildman–Crippen MR) is 69.9 cm³/mol. The summed E-state index contributed by atoms with van der Waals surface area (Å²) in [4.78, 5) is 0. The maximum absolute atomic E-state index is 10.2. The number of para-hydroxylation sites is 1. The molecule has 0 saturated carbocycles. The van der Waals surface area contributed by atoms with Crippen molar-refractivity contribution in [2.45, 2.75) is 39.2 Å². The maximum atomic E-state index is 10.2. The van der Waals surface area contributed by atoms with Crippen LogP contribution in [0.4, 0.5) is 0 Å². The molecule has 2 aromatic rings. The lowest BCUT2D eigenvalue weighted by molar-refractivity contribution is 0.119. The molecule has 0 spiro atoms. The van der Waals surface area contributed by atoms with Crippen LogP contribution in [-0.2, 0) is 0 Å². The summed E-state index contributed by atoms with van der Waals surface area (Å²) in [6, 6.07) is 9.81. The number of hydrogen-bond acceptors (Lipinski definition) is 2. The van der Waals surface area contributed by atoms with Gasteiger partial charge < -0.3 is 9.52 Å². The molecule has 0 saturated heterocycles. The fraction of sp³-hybridized carbons (Fsp3) is 0.467. The molecule has 0 bridgehead atoms. The number of aliphatic hydroxyl groups is 1. The number of furan rings is 1. The van der Waals surface area contributed by atoms with Gasteiger partial charge in [-0.2, -0.15) is 0 Å². The predicted octanol–water partition coefficient (Wildman–Crippen LogP) is 4.29. The SMILES string of the molecule is CCC(CC)CC(O)c1cc2ccccc2o1. The summed E-state index contributed by atoms with van der Waals surface area (Å²) < 4.78 is 5.67. The highest BCUT2D eigenvalue weighted by atomic mass is 16.4. The van der Waals surface area contributed by atoms with E-state index in [4.69, 9.17) is 4.42 Å². The molecule has 2 rings (SSSR count). The first kappa shape index (κ1) is 12.2. The van der Waals surface area contributed by atoms with Crippen LogP contribution in [0, 0.1) is 5.92 Å². The fourth-order valence-corrected chi connectivity index (χ4v) is 2.22. The third-order valence-corrected chi connectivity index (χ3v) is 3.48. The number of rotatable bonds is 5. The van der Waals surface area contributed by atoms with Crippen LogP contribution < -0.4 is 0 Å². The van der Waals surface area contributed by atoms with Crippen LogP contribution in [-0.4, -0.2) is 5.11 Å². The highest BCUT2D eigenvalue weighted by Crippen LogP contribution is 2.29. The molecule has 17 heavy (non-hydrogen) atoms. The normalized spacial score (nSPS) is 13.4. The monoisotopic (exact) mass is 232 g/mol. The van der Waals surface area contributed by atoms with Gasteiger partial charge >= 0.3 is 0 Å². The maximum Gasteiger partial charge on any atom is 0.134 e. The van der Waals surface area contributed by atoms with Gasteiger partial charge in [0.2, 0.25) is 0 Å². The standard InChI is InChI=1S/C15H20O2/c1-3-11(4-2)9-13(16)15-10-12-7-5-6-8-14(12)17-15/h5-8,10-11,13,16H,3-4,9H2,1-2H3. The van der Waals surface area contributed by atoms with Gasteiger partial charge in [0.1, 0.15) is 17.4 Å². The van der Waals surface area contributed by atoms with Crippen molar-refractivity contribution < 1.29 is 9.52 Å². The first-order valence-corrected chi connectivity index (χ1v) is 6.41.